The molecule has 2 aliphatic rings. The number of amides is 2. The highest BCUT2D eigenvalue weighted by atomic mass is 16.2. The van der Waals surface area contributed by atoms with Gasteiger partial charge in [0.2, 0.25) is 11.8 Å². The maximum atomic E-state index is 12.3. The van der Waals surface area contributed by atoms with Crippen LogP contribution in [0.1, 0.15) is 36.8 Å². The zero-order valence-electron chi connectivity index (χ0n) is 17.0. The van der Waals surface area contributed by atoms with Crippen LogP contribution in [-0.2, 0) is 16.0 Å². The van der Waals surface area contributed by atoms with Crippen LogP contribution in [0.25, 0.3) is 0 Å². The Bertz CT molecular complexity index is 658. The first-order valence-electron chi connectivity index (χ1n) is 10.7. The number of rotatable bonds is 8. The van der Waals surface area contributed by atoms with Crippen molar-refractivity contribution in [2.45, 2.75) is 45.1 Å². The Labute approximate surface area is 168 Å². The third-order valence-electron chi connectivity index (χ3n) is 5.89. The first-order chi connectivity index (χ1) is 13.6. The van der Waals surface area contributed by atoms with Crippen molar-refractivity contribution in [1.29, 1.82) is 0 Å². The molecule has 28 heavy (non-hydrogen) atoms. The first-order valence-corrected chi connectivity index (χ1v) is 10.7. The van der Waals surface area contributed by atoms with Crippen molar-refractivity contribution in [3.05, 3.63) is 35.4 Å². The average Bonchev–Trinajstić information content (AvgIpc) is 3.23. The largest absolute Gasteiger partial charge is 0.355 e. The number of nitrogens with zero attached hydrogens (tertiary/aromatic N) is 1. The highest BCUT2D eigenvalue weighted by Crippen LogP contribution is 2.16. The number of carbonyl (C=O) groups excluding carboxylic acids is 2. The van der Waals surface area contributed by atoms with Gasteiger partial charge in [0.1, 0.15) is 0 Å². The summed E-state index contributed by atoms with van der Waals surface area (Å²) >= 11 is 0. The average molecular weight is 387 g/mol. The van der Waals surface area contributed by atoms with Crippen molar-refractivity contribution >= 4 is 11.8 Å². The monoisotopic (exact) mass is 386 g/mol. The number of nitrogens with one attached hydrogen (secondary N) is 3. The second-order valence-corrected chi connectivity index (χ2v) is 8.16. The standard InChI is InChI=1S/C22H34N4O2/c1-17-6-2-3-8-19(17)10-12-24-21(27)16-26-13-5-7-18(15-26)14-25-22(28)20-9-4-11-23-20/h2-3,6,8,18,20,23H,4-5,7,9-16H2,1H3,(H,24,27)(H,25,28). The highest BCUT2D eigenvalue weighted by Gasteiger charge is 2.25. The quantitative estimate of drug-likeness (QED) is 0.628. The van der Waals surface area contributed by atoms with Gasteiger partial charge in [0.15, 0.2) is 0 Å². The molecule has 6 heteroatoms. The van der Waals surface area contributed by atoms with Gasteiger partial charge < -0.3 is 16.0 Å². The Morgan fingerprint density at radius 1 is 1.18 bits per heavy atom. The van der Waals surface area contributed by atoms with E-state index in [1.165, 1.54) is 11.1 Å². The molecule has 3 N–H and O–H groups in total. The van der Waals surface area contributed by atoms with Crippen LogP contribution in [0, 0.1) is 12.8 Å². The predicted octanol–water partition coefficient (Wildman–Crippen LogP) is 1.23. The Kier molecular flexibility index (Phi) is 7.86. The number of aryl methyl sites for hydroxylation is 1. The van der Waals surface area contributed by atoms with Crippen molar-refractivity contribution in [3.63, 3.8) is 0 Å². The van der Waals surface area contributed by atoms with E-state index < -0.39 is 0 Å². The summed E-state index contributed by atoms with van der Waals surface area (Å²) in [5.74, 6) is 0.649. The minimum atomic E-state index is -0.0151. The molecule has 2 amide bonds. The molecule has 0 bridgehead atoms. The van der Waals surface area contributed by atoms with Crippen molar-refractivity contribution in [2.24, 2.45) is 5.92 Å². The van der Waals surface area contributed by atoms with Crippen LogP contribution < -0.4 is 16.0 Å². The van der Waals surface area contributed by atoms with Gasteiger partial charge in [0.05, 0.1) is 12.6 Å². The van der Waals surface area contributed by atoms with Gasteiger partial charge in [0.25, 0.3) is 0 Å². The second kappa shape index (κ2) is 10.6. The molecule has 2 heterocycles. The number of piperidine rings is 1. The van der Waals surface area contributed by atoms with E-state index in [2.05, 4.69) is 39.9 Å². The normalized spacial score (nSPS) is 22.8. The van der Waals surface area contributed by atoms with Gasteiger partial charge in [-0.3, -0.25) is 14.5 Å². The molecule has 2 saturated heterocycles. The molecule has 6 nitrogen and oxygen atoms in total. The minimum absolute atomic E-state index is 0.0151. The number of carbonyl (C=O) groups is 2. The molecule has 2 atom stereocenters. The number of hydrogen-bond donors (Lipinski definition) is 3. The smallest absolute Gasteiger partial charge is 0.237 e. The van der Waals surface area contributed by atoms with Crippen LogP contribution in [0.15, 0.2) is 24.3 Å². The van der Waals surface area contributed by atoms with Crippen molar-refractivity contribution in [2.75, 3.05) is 39.3 Å². The van der Waals surface area contributed by atoms with Gasteiger partial charge in [-0.1, -0.05) is 24.3 Å². The molecule has 154 valence electrons. The Balaban J connectivity index is 1.34. The zero-order chi connectivity index (χ0) is 19.8. The van der Waals surface area contributed by atoms with E-state index in [-0.39, 0.29) is 17.9 Å². The summed E-state index contributed by atoms with van der Waals surface area (Å²) in [5.41, 5.74) is 2.55. The number of likely N-dealkylation sites (tertiary alicyclic amines) is 1. The van der Waals surface area contributed by atoms with E-state index >= 15 is 0 Å². The molecule has 3 rings (SSSR count). The number of hydrogen-bond acceptors (Lipinski definition) is 4. The van der Waals surface area contributed by atoms with Gasteiger partial charge in [-0.2, -0.15) is 0 Å². The Morgan fingerprint density at radius 2 is 2.04 bits per heavy atom. The maximum Gasteiger partial charge on any atom is 0.237 e. The minimum Gasteiger partial charge on any atom is -0.355 e. The van der Waals surface area contributed by atoms with Gasteiger partial charge in [-0.05, 0) is 69.2 Å². The lowest BCUT2D eigenvalue weighted by Gasteiger charge is -2.32. The van der Waals surface area contributed by atoms with Gasteiger partial charge in [0, 0.05) is 19.6 Å². The van der Waals surface area contributed by atoms with E-state index in [0.717, 1.165) is 51.7 Å². The van der Waals surface area contributed by atoms with Crippen LogP contribution in [-0.4, -0.2) is 62.0 Å². The molecule has 0 aromatic heterocycles. The molecule has 2 aliphatic heterocycles. The molecule has 0 spiro atoms. The molecule has 0 aliphatic carbocycles. The molecular weight excluding hydrogens is 352 g/mol. The lowest BCUT2D eigenvalue weighted by Crippen LogP contribution is -2.47. The fraction of sp³-hybridized carbons (Fsp3) is 0.636. The van der Waals surface area contributed by atoms with Gasteiger partial charge in [-0.25, -0.2) is 0 Å². The van der Waals surface area contributed by atoms with Crippen molar-refractivity contribution in [1.82, 2.24) is 20.9 Å². The Morgan fingerprint density at radius 3 is 2.82 bits per heavy atom. The van der Waals surface area contributed by atoms with Crippen molar-refractivity contribution in [3.8, 4) is 0 Å². The third-order valence-corrected chi connectivity index (χ3v) is 5.89. The van der Waals surface area contributed by atoms with E-state index in [0.29, 0.717) is 25.6 Å². The zero-order valence-corrected chi connectivity index (χ0v) is 17.0. The van der Waals surface area contributed by atoms with Gasteiger partial charge in [-0.15, -0.1) is 0 Å². The molecule has 0 saturated carbocycles. The molecule has 1 aromatic carbocycles. The maximum absolute atomic E-state index is 12.3. The molecule has 1 aromatic rings. The van der Waals surface area contributed by atoms with Crippen LogP contribution in [0.4, 0.5) is 0 Å². The lowest BCUT2D eigenvalue weighted by molar-refractivity contribution is -0.124. The van der Waals surface area contributed by atoms with Crippen LogP contribution >= 0.6 is 0 Å². The summed E-state index contributed by atoms with van der Waals surface area (Å²) in [6.07, 6.45) is 5.07. The fourth-order valence-corrected chi connectivity index (χ4v) is 4.22. The fourth-order valence-electron chi connectivity index (χ4n) is 4.22. The molecular formula is C22H34N4O2. The SMILES string of the molecule is Cc1ccccc1CCNC(=O)CN1CCCC(CNC(=O)C2CCCN2)C1. The molecule has 2 unspecified atom stereocenters. The summed E-state index contributed by atoms with van der Waals surface area (Å²) in [5, 5.41) is 9.38. The summed E-state index contributed by atoms with van der Waals surface area (Å²) < 4.78 is 0. The summed E-state index contributed by atoms with van der Waals surface area (Å²) in [6.45, 7) is 6.71. The molecule has 2 fully saturated rings. The summed E-state index contributed by atoms with van der Waals surface area (Å²) in [4.78, 5) is 26.7. The lowest BCUT2D eigenvalue weighted by atomic mass is 9.98. The second-order valence-electron chi connectivity index (χ2n) is 8.16. The first kappa shape index (κ1) is 20.8. The predicted molar refractivity (Wildman–Crippen MR) is 111 cm³/mol. The summed E-state index contributed by atoms with van der Waals surface area (Å²) in [6, 6.07) is 8.29. The highest BCUT2D eigenvalue weighted by molar-refractivity contribution is 5.82. The topological polar surface area (TPSA) is 73.5 Å². The van der Waals surface area contributed by atoms with Crippen LogP contribution in [0.2, 0.25) is 0 Å². The third kappa shape index (κ3) is 6.31. The Hall–Kier alpha value is -1.92. The number of benzene rings is 1. The van der Waals surface area contributed by atoms with E-state index in [9.17, 15) is 9.59 Å². The van der Waals surface area contributed by atoms with Crippen LogP contribution in [0.5, 0.6) is 0 Å². The van der Waals surface area contributed by atoms with E-state index in [4.69, 9.17) is 0 Å². The summed E-state index contributed by atoms with van der Waals surface area (Å²) in [7, 11) is 0. The van der Waals surface area contributed by atoms with Gasteiger partial charge >= 0.3 is 0 Å². The van der Waals surface area contributed by atoms with E-state index in [1.807, 2.05) is 12.1 Å². The van der Waals surface area contributed by atoms with Crippen molar-refractivity contribution < 1.29 is 9.59 Å². The van der Waals surface area contributed by atoms with E-state index in [1.54, 1.807) is 0 Å². The molecule has 0 radical (unpaired) electrons. The van der Waals surface area contributed by atoms with Crippen LogP contribution in [0.3, 0.4) is 0 Å².